The van der Waals surface area contributed by atoms with Crippen LogP contribution < -0.4 is 4.74 Å². The lowest BCUT2D eigenvalue weighted by atomic mass is 9.79. The minimum absolute atomic E-state index is 0.0984. The highest BCUT2D eigenvalue weighted by molar-refractivity contribution is 6.81. The Hall–Kier alpha value is -1.62. The van der Waals surface area contributed by atoms with Crippen LogP contribution in [0.2, 0.25) is 19.6 Å². The van der Waals surface area contributed by atoms with Gasteiger partial charge >= 0.3 is 0 Å². The summed E-state index contributed by atoms with van der Waals surface area (Å²) in [6.45, 7) is 15.5. The molecule has 0 aliphatic carbocycles. The summed E-state index contributed by atoms with van der Waals surface area (Å²) in [7, 11) is 1.87. The van der Waals surface area contributed by atoms with Gasteiger partial charge in [-0.1, -0.05) is 75.2 Å². The van der Waals surface area contributed by atoms with Gasteiger partial charge in [0.15, 0.2) is 0 Å². The molecule has 0 radical (unpaired) electrons. The molecule has 1 N–H and O–H groups in total. The third-order valence-electron chi connectivity index (χ3n) is 6.12. The lowest BCUT2D eigenvalue weighted by Crippen LogP contribution is -2.49. The van der Waals surface area contributed by atoms with Gasteiger partial charge < -0.3 is 24.1 Å². The van der Waals surface area contributed by atoms with Gasteiger partial charge in [-0.15, -0.1) is 5.92 Å². The van der Waals surface area contributed by atoms with Crippen molar-refractivity contribution in [3.05, 3.63) is 41.1 Å². The number of methoxy groups -OCH3 is 2. The zero-order chi connectivity index (χ0) is 27.2. The maximum atomic E-state index is 11.6. The van der Waals surface area contributed by atoms with Crippen LogP contribution in [0.25, 0.3) is 0 Å². The molecule has 0 amide bonds. The van der Waals surface area contributed by atoms with Crippen LogP contribution in [-0.4, -0.2) is 52.0 Å². The molecule has 36 heavy (non-hydrogen) atoms. The van der Waals surface area contributed by atoms with Crippen molar-refractivity contribution in [1.29, 1.82) is 0 Å². The van der Waals surface area contributed by atoms with Crippen LogP contribution >= 0.6 is 0 Å². The first-order valence-corrected chi connectivity index (χ1v) is 16.7. The van der Waals surface area contributed by atoms with Gasteiger partial charge in [0.1, 0.15) is 24.2 Å². The molecule has 0 bridgehead atoms. The Kier molecular flexibility index (Phi) is 14.6. The summed E-state index contributed by atoms with van der Waals surface area (Å²) in [6, 6.07) is 7.82. The number of allylic oxidation sites excluding steroid dienone is 1. The van der Waals surface area contributed by atoms with E-state index in [-0.39, 0.29) is 18.8 Å². The van der Waals surface area contributed by atoms with Crippen LogP contribution in [0.1, 0.15) is 65.4 Å². The van der Waals surface area contributed by atoms with Crippen molar-refractivity contribution in [1.82, 2.24) is 0 Å². The zero-order valence-corrected chi connectivity index (χ0v) is 25.1. The van der Waals surface area contributed by atoms with E-state index < -0.39 is 19.8 Å². The minimum Gasteiger partial charge on any atom is -0.497 e. The largest absolute Gasteiger partial charge is 0.497 e. The molecule has 0 aromatic heterocycles. The third kappa shape index (κ3) is 12.1. The first-order chi connectivity index (χ1) is 17.0. The molecule has 6 heteroatoms. The molecule has 204 valence electrons. The fourth-order valence-electron chi connectivity index (χ4n) is 4.71. The number of ether oxygens (including phenoxy) is 4. The van der Waals surface area contributed by atoms with E-state index >= 15 is 0 Å². The van der Waals surface area contributed by atoms with E-state index in [0.717, 1.165) is 43.4 Å². The topological polar surface area (TPSA) is 57.2 Å². The molecule has 0 unspecified atom stereocenters. The Bertz CT molecular complexity index is 830. The lowest BCUT2D eigenvalue weighted by molar-refractivity contribution is -0.159. The summed E-state index contributed by atoms with van der Waals surface area (Å²) in [5, 5.41) is 11.6. The standard InChI is InChI=1S/C30H50O5Si/c1-10-12-13-14-28(35-23-32-5)27(20-24(3)22-36(7,8)9)29(30(4,31)19-11-2)34-21-25-15-17-26(33-6)18-16-25/h15-18,22,27-29,31H,10,12-14,20-21,23H2,1-9H3/b24-22+/t27-,28+,29+,30+/m1/s1. The van der Waals surface area contributed by atoms with Crippen LogP contribution in [0.5, 0.6) is 5.75 Å². The quantitative estimate of drug-likeness (QED) is 0.107. The predicted octanol–water partition coefficient (Wildman–Crippen LogP) is 6.75. The Morgan fingerprint density at radius 2 is 1.78 bits per heavy atom. The summed E-state index contributed by atoms with van der Waals surface area (Å²) >= 11 is 0. The van der Waals surface area contributed by atoms with Gasteiger partial charge in [0.2, 0.25) is 0 Å². The molecule has 0 heterocycles. The molecule has 5 nitrogen and oxygen atoms in total. The van der Waals surface area contributed by atoms with Crippen molar-refractivity contribution in [2.24, 2.45) is 5.92 Å². The molecule has 0 aliphatic rings. The Morgan fingerprint density at radius 1 is 1.11 bits per heavy atom. The Labute approximate surface area is 221 Å². The maximum absolute atomic E-state index is 11.6. The Balaban J connectivity index is 3.43. The van der Waals surface area contributed by atoms with E-state index in [4.69, 9.17) is 18.9 Å². The molecule has 1 rings (SSSR count). The highest BCUT2D eigenvalue weighted by Crippen LogP contribution is 2.34. The fourth-order valence-corrected chi connectivity index (χ4v) is 6.31. The molecule has 4 atom stereocenters. The van der Waals surface area contributed by atoms with E-state index in [1.807, 2.05) is 24.3 Å². The number of hydrogen-bond donors (Lipinski definition) is 1. The molecule has 0 spiro atoms. The van der Waals surface area contributed by atoms with Crippen LogP contribution in [0.15, 0.2) is 35.5 Å². The van der Waals surface area contributed by atoms with Crippen molar-refractivity contribution in [3.8, 4) is 17.6 Å². The van der Waals surface area contributed by atoms with Crippen molar-refractivity contribution in [2.45, 2.75) is 104 Å². The normalized spacial score (nSPS) is 16.4. The van der Waals surface area contributed by atoms with Crippen molar-refractivity contribution in [3.63, 3.8) is 0 Å². The monoisotopic (exact) mass is 518 g/mol. The first-order valence-electron chi connectivity index (χ1n) is 13.2. The highest BCUT2D eigenvalue weighted by Gasteiger charge is 2.42. The zero-order valence-electron chi connectivity index (χ0n) is 24.1. The van der Waals surface area contributed by atoms with E-state index in [0.29, 0.717) is 6.61 Å². The first kappa shape index (κ1) is 32.4. The molecular weight excluding hydrogens is 468 g/mol. The van der Waals surface area contributed by atoms with Gasteiger partial charge in [-0.3, -0.25) is 0 Å². The summed E-state index contributed by atoms with van der Waals surface area (Å²) in [4.78, 5) is 0. The van der Waals surface area contributed by atoms with Gasteiger partial charge in [0.05, 0.1) is 27.9 Å². The second kappa shape index (κ2) is 16.3. The van der Waals surface area contributed by atoms with Gasteiger partial charge in [-0.25, -0.2) is 0 Å². The average molecular weight is 519 g/mol. The maximum Gasteiger partial charge on any atom is 0.148 e. The number of benzene rings is 1. The van der Waals surface area contributed by atoms with Crippen LogP contribution in [0.3, 0.4) is 0 Å². The SMILES string of the molecule is CC#C[C@](C)(O)[C@@H](OCc1ccc(OC)cc1)[C@H](C/C(C)=C/[Si](C)(C)C)[C@H](CCCCC)OCOC. The number of hydrogen-bond acceptors (Lipinski definition) is 5. The molecule has 0 saturated carbocycles. The number of aliphatic hydroxyl groups is 1. The highest BCUT2D eigenvalue weighted by atomic mass is 28.3. The van der Waals surface area contributed by atoms with E-state index in [1.165, 1.54) is 5.57 Å². The van der Waals surface area contributed by atoms with Crippen molar-refractivity contribution < 1.29 is 24.1 Å². The molecule has 1 aromatic rings. The summed E-state index contributed by atoms with van der Waals surface area (Å²) in [5.41, 5.74) is 3.40. The van der Waals surface area contributed by atoms with Gasteiger partial charge in [0.25, 0.3) is 0 Å². The molecule has 1 aromatic carbocycles. The van der Waals surface area contributed by atoms with E-state index in [2.05, 4.69) is 51.0 Å². The van der Waals surface area contributed by atoms with Crippen molar-refractivity contribution in [2.75, 3.05) is 21.0 Å². The minimum atomic E-state index is -1.43. The van der Waals surface area contributed by atoms with Crippen LogP contribution in [-0.2, 0) is 20.8 Å². The van der Waals surface area contributed by atoms with Crippen LogP contribution in [0, 0.1) is 17.8 Å². The summed E-state index contributed by atoms with van der Waals surface area (Å²) in [5.74, 6) is 6.63. The number of unbranched alkanes of at least 4 members (excludes halogenated alkanes) is 2. The summed E-state index contributed by atoms with van der Waals surface area (Å²) < 4.78 is 23.4. The van der Waals surface area contributed by atoms with Gasteiger partial charge in [-0.05, 0) is 51.3 Å². The average Bonchev–Trinajstić information content (AvgIpc) is 2.80. The van der Waals surface area contributed by atoms with Crippen LogP contribution in [0.4, 0.5) is 0 Å². The van der Waals surface area contributed by atoms with Crippen molar-refractivity contribution >= 4 is 8.07 Å². The predicted molar refractivity (Wildman–Crippen MR) is 152 cm³/mol. The molecule has 0 saturated heterocycles. The van der Waals surface area contributed by atoms with E-state index in [9.17, 15) is 5.11 Å². The number of rotatable bonds is 17. The third-order valence-corrected chi connectivity index (χ3v) is 7.48. The molecular formula is C30H50O5Si. The fraction of sp³-hybridized carbons (Fsp3) is 0.667. The summed E-state index contributed by atoms with van der Waals surface area (Å²) in [6.07, 6.45) is 4.26. The molecule has 0 aliphatic heterocycles. The van der Waals surface area contributed by atoms with Gasteiger partial charge in [-0.2, -0.15) is 0 Å². The van der Waals surface area contributed by atoms with E-state index in [1.54, 1.807) is 28.1 Å². The molecule has 0 fully saturated rings. The Morgan fingerprint density at radius 3 is 2.31 bits per heavy atom. The second-order valence-electron chi connectivity index (χ2n) is 10.9. The van der Waals surface area contributed by atoms with Gasteiger partial charge in [0, 0.05) is 13.0 Å². The lowest BCUT2D eigenvalue weighted by Gasteiger charge is -2.39. The second-order valence-corrected chi connectivity index (χ2v) is 16.0. The smallest absolute Gasteiger partial charge is 0.148 e.